The van der Waals surface area contributed by atoms with E-state index >= 15 is 0 Å². The maximum absolute atomic E-state index is 13.3. The number of rotatable bonds is 5. The molecule has 0 N–H and O–H groups in total. The number of carbonyl (C=O) groups excluding carboxylic acids is 1. The molecule has 7 heteroatoms. The van der Waals surface area contributed by atoms with Gasteiger partial charge in [0.15, 0.2) is 0 Å². The van der Waals surface area contributed by atoms with E-state index in [4.69, 9.17) is 4.74 Å². The number of fused-ring (bicyclic) bond motifs is 1. The molecule has 1 amide bonds. The number of amides is 1. The van der Waals surface area contributed by atoms with E-state index in [1.165, 1.54) is 17.3 Å². The zero-order valence-electron chi connectivity index (χ0n) is 15.8. The minimum absolute atomic E-state index is 0.0944. The molecule has 27 heavy (non-hydrogen) atoms. The first-order valence-electron chi connectivity index (χ1n) is 8.91. The number of ether oxygens (including phenoxy) is 1. The molecule has 0 fully saturated rings. The lowest BCUT2D eigenvalue weighted by Crippen LogP contribution is -2.37. The van der Waals surface area contributed by atoms with Gasteiger partial charge in [-0.2, -0.15) is 4.31 Å². The minimum Gasteiger partial charge on any atom is -0.489 e. The van der Waals surface area contributed by atoms with Crippen LogP contribution in [0, 0.1) is 0 Å². The number of hydrogen-bond acceptors (Lipinski definition) is 4. The summed E-state index contributed by atoms with van der Waals surface area (Å²) >= 11 is 0. The van der Waals surface area contributed by atoms with Crippen molar-refractivity contribution in [2.75, 3.05) is 18.1 Å². The number of sulfonamides is 1. The molecule has 3 rings (SSSR count). The van der Waals surface area contributed by atoms with Crippen molar-refractivity contribution < 1.29 is 17.9 Å². The second kappa shape index (κ2) is 7.70. The highest BCUT2D eigenvalue weighted by molar-refractivity contribution is 7.89. The smallest absolute Gasteiger partial charge is 0.243 e. The van der Waals surface area contributed by atoms with E-state index in [0.717, 1.165) is 5.56 Å². The van der Waals surface area contributed by atoms with Crippen molar-refractivity contribution in [2.24, 2.45) is 0 Å². The van der Waals surface area contributed by atoms with E-state index in [-0.39, 0.29) is 16.8 Å². The Morgan fingerprint density at radius 2 is 1.89 bits per heavy atom. The molecule has 2 aromatic rings. The zero-order chi connectivity index (χ0) is 19.6. The summed E-state index contributed by atoms with van der Waals surface area (Å²) in [5, 5.41) is 0. The van der Waals surface area contributed by atoms with Gasteiger partial charge in [-0.15, -0.1) is 0 Å². The van der Waals surface area contributed by atoms with Crippen molar-refractivity contribution >= 4 is 21.6 Å². The van der Waals surface area contributed by atoms with Gasteiger partial charge in [-0.3, -0.25) is 4.79 Å². The van der Waals surface area contributed by atoms with Gasteiger partial charge in [0, 0.05) is 25.6 Å². The van der Waals surface area contributed by atoms with Gasteiger partial charge in [0.25, 0.3) is 0 Å². The van der Waals surface area contributed by atoms with Crippen molar-refractivity contribution in [3.63, 3.8) is 0 Å². The van der Waals surface area contributed by atoms with E-state index in [1.807, 2.05) is 44.2 Å². The Morgan fingerprint density at radius 3 is 2.52 bits per heavy atom. The highest BCUT2D eigenvalue weighted by atomic mass is 32.2. The van der Waals surface area contributed by atoms with Crippen LogP contribution in [0.2, 0.25) is 0 Å². The Bertz CT molecular complexity index is 926. The molecule has 1 heterocycles. The highest BCUT2D eigenvalue weighted by Gasteiger charge is 2.30. The van der Waals surface area contributed by atoms with Gasteiger partial charge in [-0.05, 0) is 31.5 Å². The van der Waals surface area contributed by atoms with Crippen LogP contribution in [0.25, 0.3) is 0 Å². The van der Waals surface area contributed by atoms with Crippen LogP contribution in [0.4, 0.5) is 5.69 Å². The summed E-state index contributed by atoms with van der Waals surface area (Å²) in [5.74, 6) is 0.323. The monoisotopic (exact) mass is 388 g/mol. The minimum atomic E-state index is -3.72. The molecule has 144 valence electrons. The highest BCUT2D eigenvalue weighted by Crippen LogP contribution is 2.35. The van der Waals surface area contributed by atoms with E-state index in [9.17, 15) is 13.2 Å². The van der Waals surface area contributed by atoms with Gasteiger partial charge in [0.05, 0.1) is 17.1 Å². The Kier molecular flexibility index (Phi) is 5.53. The molecule has 0 unspecified atom stereocenters. The summed E-state index contributed by atoms with van der Waals surface area (Å²) in [6, 6.07) is 14.0. The van der Waals surface area contributed by atoms with Gasteiger partial charge in [0.1, 0.15) is 12.4 Å². The van der Waals surface area contributed by atoms with Crippen molar-refractivity contribution in [1.29, 1.82) is 0 Å². The van der Waals surface area contributed by atoms with Crippen LogP contribution in [0.3, 0.4) is 0 Å². The zero-order valence-corrected chi connectivity index (χ0v) is 16.6. The SMILES string of the molecule is CC(=O)N1CCOc2cc(S(=O)(=O)N(Cc3ccccc3)C(C)C)ccc21. The number of benzene rings is 2. The Morgan fingerprint density at radius 1 is 1.19 bits per heavy atom. The second-order valence-corrected chi connectivity index (χ2v) is 8.67. The fourth-order valence-corrected chi connectivity index (χ4v) is 4.77. The van der Waals surface area contributed by atoms with Crippen LogP contribution >= 0.6 is 0 Å². The predicted molar refractivity (Wildman–Crippen MR) is 104 cm³/mol. The third-order valence-corrected chi connectivity index (χ3v) is 6.56. The third kappa shape index (κ3) is 3.99. The summed E-state index contributed by atoms with van der Waals surface area (Å²) < 4.78 is 33.6. The largest absolute Gasteiger partial charge is 0.489 e. The summed E-state index contributed by atoms with van der Waals surface area (Å²) in [6.45, 7) is 6.28. The van der Waals surface area contributed by atoms with Crippen molar-refractivity contribution in [2.45, 2.75) is 38.3 Å². The maximum atomic E-state index is 13.3. The van der Waals surface area contributed by atoms with Gasteiger partial charge >= 0.3 is 0 Å². The van der Waals surface area contributed by atoms with E-state index < -0.39 is 10.0 Å². The van der Waals surface area contributed by atoms with Crippen molar-refractivity contribution in [3.05, 3.63) is 54.1 Å². The fourth-order valence-electron chi connectivity index (χ4n) is 3.13. The molecule has 0 bridgehead atoms. The molecular formula is C20H24N2O4S. The summed E-state index contributed by atoms with van der Waals surface area (Å²) in [5.41, 5.74) is 1.53. The Labute approximate surface area is 160 Å². The molecule has 0 aliphatic carbocycles. The number of carbonyl (C=O) groups is 1. The molecule has 2 aromatic carbocycles. The van der Waals surface area contributed by atoms with Crippen LogP contribution < -0.4 is 9.64 Å². The van der Waals surface area contributed by atoms with E-state index in [0.29, 0.717) is 31.1 Å². The molecule has 1 aliphatic rings. The van der Waals surface area contributed by atoms with Crippen LogP contribution in [-0.2, 0) is 21.4 Å². The topological polar surface area (TPSA) is 66.9 Å². The normalized spacial score (nSPS) is 14.2. The maximum Gasteiger partial charge on any atom is 0.243 e. The average Bonchev–Trinajstić information content (AvgIpc) is 2.65. The van der Waals surface area contributed by atoms with Crippen LogP contribution in [0.5, 0.6) is 5.75 Å². The molecule has 1 aliphatic heterocycles. The summed E-state index contributed by atoms with van der Waals surface area (Å²) in [6.07, 6.45) is 0. The van der Waals surface area contributed by atoms with Gasteiger partial charge < -0.3 is 9.64 Å². The van der Waals surface area contributed by atoms with Crippen LogP contribution in [0.1, 0.15) is 26.3 Å². The molecule has 0 radical (unpaired) electrons. The second-order valence-electron chi connectivity index (χ2n) is 6.78. The molecule has 0 spiro atoms. The lowest BCUT2D eigenvalue weighted by Gasteiger charge is -2.30. The van der Waals surface area contributed by atoms with Crippen LogP contribution in [-0.4, -0.2) is 37.8 Å². The first-order chi connectivity index (χ1) is 12.8. The van der Waals surface area contributed by atoms with Crippen molar-refractivity contribution in [3.8, 4) is 5.75 Å². The number of hydrogen-bond donors (Lipinski definition) is 0. The van der Waals surface area contributed by atoms with Gasteiger partial charge in [-0.25, -0.2) is 8.42 Å². The molecule has 0 saturated heterocycles. The Hall–Kier alpha value is -2.38. The lowest BCUT2D eigenvalue weighted by molar-refractivity contribution is -0.116. The van der Waals surface area contributed by atoms with Crippen molar-refractivity contribution in [1.82, 2.24) is 4.31 Å². The predicted octanol–water partition coefficient (Wildman–Crippen LogP) is 3.03. The van der Waals surface area contributed by atoms with Gasteiger partial charge in [0.2, 0.25) is 15.9 Å². The average molecular weight is 388 g/mol. The number of nitrogens with zero attached hydrogens (tertiary/aromatic N) is 2. The lowest BCUT2D eigenvalue weighted by atomic mass is 10.2. The third-order valence-electron chi connectivity index (χ3n) is 4.54. The molecule has 0 saturated carbocycles. The summed E-state index contributed by atoms with van der Waals surface area (Å²) in [4.78, 5) is 13.5. The summed E-state index contributed by atoms with van der Waals surface area (Å²) in [7, 11) is -3.72. The van der Waals surface area contributed by atoms with E-state index in [1.54, 1.807) is 17.0 Å². The molecular weight excluding hydrogens is 364 g/mol. The van der Waals surface area contributed by atoms with Gasteiger partial charge in [-0.1, -0.05) is 30.3 Å². The molecule has 6 nitrogen and oxygen atoms in total. The van der Waals surface area contributed by atoms with E-state index in [2.05, 4.69) is 0 Å². The fraction of sp³-hybridized carbons (Fsp3) is 0.350. The Balaban J connectivity index is 1.96. The number of anilines is 1. The standard InChI is InChI=1S/C20H24N2O4S/c1-15(2)22(14-17-7-5-4-6-8-17)27(24,25)18-9-10-19-20(13-18)26-12-11-21(19)16(3)23/h4-10,13,15H,11-12,14H2,1-3H3. The first kappa shape index (κ1) is 19.4. The molecule has 0 aromatic heterocycles. The van der Waals surface area contributed by atoms with Crippen LogP contribution in [0.15, 0.2) is 53.4 Å². The molecule has 0 atom stereocenters. The quantitative estimate of drug-likeness (QED) is 0.790. The first-order valence-corrected chi connectivity index (χ1v) is 10.4.